The third-order valence-corrected chi connectivity index (χ3v) is 2.87. The van der Waals surface area contributed by atoms with Crippen LogP contribution in [0, 0.1) is 6.92 Å². The average molecular weight is 282 g/mol. The number of nitrogens with zero attached hydrogens (tertiary/aromatic N) is 5. The van der Waals surface area contributed by atoms with Crippen molar-refractivity contribution in [1.82, 2.24) is 24.7 Å². The molecule has 0 aliphatic heterocycles. The van der Waals surface area contributed by atoms with Crippen LogP contribution in [0.2, 0.25) is 5.15 Å². The zero-order valence-electron chi connectivity index (χ0n) is 10.7. The molecule has 0 bridgehead atoms. The summed E-state index contributed by atoms with van der Waals surface area (Å²) in [7, 11) is 1.27. The predicted molar refractivity (Wildman–Crippen MR) is 67.4 cm³/mol. The fraction of sp³-hybridized carbons (Fsp3) is 0.364. The van der Waals surface area contributed by atoms with Gasteiger partial charge in [-0.2, -0.15) is 0 Å². The lowest BCUT2D eigenvalue weighted by Crippen LogP contribution is -2.09. The molecule has 8 heteroatoms. The maximum absolute atomic E-state index is 11.3. The molecule has 0 aliphatic carbocycles. The lowest BCUT2D eigenvalue weighted by molar-refractivity contribution is 0.0587. The van der Waals surface area contributed by atoms with Crippen molar-refractivity contribution in [3.63, 3.8) is 0 Å². The summed E-state index contributed by atoms with van der Waals surface area (Å²) in [4.78, 5) is 23.6. The molecule has 7 nitrogen and oxygen atoms in total. The number of carbonyl (C=O) groups excluding carboxylic acids is 1. The molecule has 0 spiro atoms. The molecule has 2 aromatic rings. The van der Waals surface area contributed by atoms with E-state index in [9.17, 15) is 4.79 Å². The van der Waals surface area contributed by atoms with E-state index in [1.807, 2.05) is 6.92 Å². The van der Waals surface area contributed by atoms with Crippen LogP contribution in [0.25, 0.3) is 5.82 Å². The van der Waals surface area contributed by atoms with Crippen molar-refractivity contribution in [2.45, 2.75) is 20.3 Å². The second-order valence-corrected chi connectivity index (χ2v) is 4.10. The van der Waals surface area contributed by atoms with Gasteiger partial charge in [0.05, 0.1) is 7.11 Å². The van der Waals surface area contributed by atoms with Gasteiger partial charge in [-0.25, -0.2) is 24.4 Å². The lowest BCUT2D eigenvalue weighted by atomic mass is 10.3. The Balaban J connectivity index is 2.49. The highest BCUT2D eigenvalue weighted by Crippen LogP contribution is 2.18. The van der Waals surface area contributed by atoms with Crippen molar-refractivity contribution < 1.29 is 9.53 Å². The van der Waals surface area contributed by atoms with E-state index in [0.29, 0.717) is 28.8 Å². The lowest BCUT2D eigenvalue weighted by Gasteiger charge is -2.07. The van der Waals surface area contributed by atoms with E-state index in [4.69, 9.17) is 11.6 Å². The topological polar surface area (TPSA) is 82.8 Å². The van der Waals surface area contributed by atoms with E-state index >= 15 is 0 Å². The Bertz CT molecular complexity index is 626. The van der Waals surface area contributed by atoms with Gasteiger partial charge in [-0.3, -0.25) is 0 Å². The molecule has 0 amide bonds. The monoisotopic (exact) mass is 281 g/mol. The minimum Gasteiger partial charge on any atom is -0.463 e. The highest BCUT2D eigenvalue weighted by molar-refractivity contribution is 6.30. The summed E-state index contributed by atoms with van der Waals surface area (Å²) in [6.07, 6.45) is 2.03. The minimum atomic E-state index is -0.604. The first-order valence-electron chi connectivity index (χ1n) is 5.60. The summed E-state index contributed by atoms with van der Waals surface area (Å²) in [5, 5.41) is 4.37. The molecule has 2 heterocycles. The fourth-order valence-electron chi connectivity index (χ4n) is 1.45. The molecule has 19 heavy (non-hydrogen) atoms. The Morgan fingerprint density at radius 2 is 2.21 bits per heavy atom. The third kappa shape index (κ3) is 2.55. The van der Waals surface area contributed by atoms with Crippen LogP contribution in [0.4, 0.5) is 0 Å². The first kappa shape index (κ1) is 13.4. The second kappa shape index (κ2) is 5.31. The van der Waals surface area contributed by atoms with Gasteiger partial charge in [0.25, 0.3) is 5.82 Å². The summed E-state index contributed by atoms with van der Waals surface area (Å²) < 4.78 is 5.93. The maximum Gasteiger partial charge on any atom is 0.377 e. The average Bonchev–Trinajstić information content (AvgIpc) is 2.90. The third-order valence-electron chi connectivity index (χ3n) is 2.50. The molecule has 0 N–H and O–H groups in total. The number of ether oxygens (including phenoxy) is 1. The number of methoxy groups -OCH3 is 1. The summed E-state index contributed by atoms with van der Waals surface area (Å²) >= 11 is 6.04. The normalized spacial score (nSPS) is 10.5. The number of aryl methyl sites for hydroxylation is 1. The number of aromatic nitrogens is 5. The van der Waals surface area contributed by atoms with Crippen LogP contribution in [0.5, 0.6) is 0 Å². The molecule has 2 rings (SSSR count). The quantitative estimate of drug-likeness (QED) is 0.624. The molecule has 0 fully saturated rings. The number of hydrogen-bond donors (Lipinski definition) is 0. The first-order chi connectivity index (χ1) is 9.06. The van der Waals surface area contributed by atoms with Crippen molar-refractivity contribution in [3.05, 3.63) is 28.7 Å². The van der Waals surface area contributed by atoms with Gasteiger partial charge < -0.3 is 4.74 Å². The van der Waals surface area contributed by atoms with Crippen LogP contribution in [0.3, 0.4) is 0 Å². The summed E-state index contributed by atoms with van der Waals surface area (Å²) in [6, 6.07) is 0. The van der Waals surface area contributed by atoms with Gasteiger partial charge in [0, 0.05) is 12.0 Å². The molecular formula is C11H12ClN5O2. The van der Waals surface area contributed by atoms with Crippen LogP contribution in [-0.2, 0) is 11.2 Å². The number of esters is 1. The SMILES string of the molecule is CCc1nc(Cl)c(C)c(-n2cnc(C(=O)OC)n2)n1. The van der Waals surface area contributed by atoms with Gasteiger partial charge in [0.2, 0.25) is 0 Å². The van der Waals surface area contributed by atoms with Gasteiger partial charge in [-0.1, -0.05) is 18.5 Å². The number of halogens is 1. The molecule has 2 aromatic heterocycles. The van der Waals surface area contributed by atoms with Gasteiger partial charge in [-0.15, -0.1) is 5.10 Å². The molecule has 0 saturated heterocycles. The van der Waals surface area contributed by atoms with E-state index in [-0.39, 0.29) is 5.82 Å². The second-order valence-electron chi connectivity index (χ2n) is 3.74. The van der Waals surface area contributed by atoms with Crippen molar-refractivity contribution in [1.29, 1.82) is 0 Å². The van der Waals surface area contributed by atoms with Gasteiger partial charge in [0.15, 0.2) is 5.82 Å². The highest BCUT2D eigenvalue weighted by Gasteiger charge is 2.16. The van der Waals surface area contributed by atoms with Crippen LogP contribution in [0.1, 0.15) is 28.9 Å². The van der Waals surface area contributed by atoms with E-state index in [2.05, 4.69) is 24.8 Å². The van der Waals surface area contributed by atoms with Crippen LogP contribution in [-0.4, -0.2) is 37.8 Å². The zero-order valence-corrected chi connectivity index (χ0v) is 11.5. The predicted octanol–water partition coefficient (Wildman–Crippen LogP) is 1.37. The number of rotatable bonds is 3. The van der Waals surface area contributed by atoms with Crippen molar-refractivity contribution in [2.75, 3.05) is 7.11 Å². The fourth-order valence-corrected chi connectivity index (χ4v) is 1.63. The molecular weight excluding hydrogens is 270 g/mol. The minimum absolute atomic E-state index is 0.0327. The summed E-state index contributed by atoms with van der Waals surface area (Å²) in [5.41, 5.74) is 0.667. The van der Waals surface area contributed by atoms with Crippen molar-refractivity contribution in [2.24, 2.45) is 0 Å². The van der Waals surface area contributed by atoms with Crippen molar-refractivity contribution in [3.8, 4) is 5.82 Å². The standard InChI is InChI=1S/C11H12ClN5O2/c1-4-7-14-8(12)6(2)10(15-7)17-5-13-9(16-17)11(18)19-3/h5H,4H2,1-3H3. The van der Waals surface area contributed by atoms with E-state index in [1.165, 1.54) is 18.1 Å². The van der Waals surface area contributed by atoms with Gasteiger partial charge in [0.1, 0.15) is 17.3 Å². The summed E-state index contributed by atoms with van der Waals surface area (Å²) in [5.74, 6) is 0.460. The molecule has 0 atom stereocenters. The first-order valence-corrected chi connectivity index (χ1v) is 5.98. The Morgan fingerprint density at radius 3 is 2.84 bits per heavy atom. The molecule has 0 aliphatic rings. The molecule has 0 unspecified atom stereocenters. The highest BCUT2D eigenvalue weighted by atomic mass is 35.5. The largest absolute Gasteiger partial charge is 0.463 e. The maximum atomic E-state index is 11.3. The van der Waals surface area contributed by atoms with E-state index < -0.39 is 5.97 Å². The molecule has 0 radical (unpaired) electrons. The molecule has 100 valence electrons. The Morgan fingerprint density at radius 1 is 1.47 bits per heavy atom. The molecule has 0 saturated carbocycles. The Kier molecular flexibility index (Phi) is 3.75. The van der Waals surface area contributed by atoms with Crippen LogP contribution in [0.15, 0.2) is 6.33 Å². The van der Waals surface area contributed by atoms with E-state index in [0.717, 1.165) is 0 Å². The van der Waals surface area contributed by atoms with Crippen LogP contribution < -0.4 is 0 Å². The number of carbonyl (C=O) groups is 1. The molecule has 0 aromatic carbocycles. The Hall–Kier alpha value is -2.02. The van der Waals surface area contributed by atoms with Gasteiger partial charge >= 0.3 is 5.97 Å². The summed E-state index contributed by atoms with van der Waals surface area (Å²) in [6.45, 7) is 3.70. The zero-order chi connectivity index (χ0) is 14.0. The smallest absolute Gasteiger partial charge is 0.377 e. The number of hydrogen-bond acceptors (Lipinski definition) is 6. The van der Waals surface area contributed by atoms with E-state index in [1.54, 1.807) is 6.92 Å². The van der Waals surface area contributed by atoms with Gasteiger partial charge in [-0.05, 0) is 6.92 Å². The Labute approximate surface area is 114 Å². The van der Waals surface area contributed by atoms with Crippen LogP contribution >= 0.6 is 11.6 Å². The van der Waals surface area contributed by atoms with Crippen molar-refractivity contribution >= 4 is 17.6 Å².